The first-order valence-corrected chi connectivity index (χ1v) is 12.2. The maximum absolute atomic E-state index is 13.1. The van der Waals surface area contributed by atoms with Crippen LogP contribution in [0.2, 0.25) is 0 Å². The third-order valence-electron chi connectivity index (χ3n) is 6.48. The Hall–Kier alpha value is -2.72. The molecule has 0 aliphatic carbocycles. The average Bonchev–Trinajstić information content (AvgIpc) is 3.45. The zero-order chi connectivity index (χ0) is 23.2. The van der Waals surface area contributed by atoms with Crippen LogP contribution >= 0.6 is 0 Å². The van der Waals surface area contributed by atoms with Crippen LogP contribution in [0.3, 0.4) is 0 Å². The minimum Gasteiger partial charge on any atom is -0.350 e. The molecule has 172 valence electrons. The molecule has 0 spiro atoms. The molecule has 2 aromatic rings. The maximum Gasteiger partial charge on any atom is 0.243 e. The van der Waals surface area contributed by atoms with Gasteiger partial charge in [-0.15, -0.1) is 0 Å². The Labute approximate surface area is 188 Å². The van der Waals surface area contributed by atoms with Crippen LogP contribution in [0.5, 0.6) is 0 Å². The van der Waals surface area contributed by atoms with Crippen LogP contribution in [0.4, 0.5) is 5.69 Å². The van der Waals surface area contributed by atoms with E-state index in [0.717, 1.165) is 29.8 Å². The van der Waals surface area contributed by atoms with Gasteiger partial charge in [0.1, 0.15) is 6.04 Å². The van der Waals surface area contributed by atoms with Gasteiger partial charge < -0.3 is 5.32 Å². The molecule has 1 aromatic heterocycles. The quantitative estimate of drug-likeness (QED) is 0.728. The Morgan fingerprint density at radius 2 is 1.88 bits per heavy atom. The highest BCUT2D eigenvalue weighted by atomic mass is 32.2. The summed E-state index contributed by atoms with van der Waals surface area (Å²) in [6.45, 7) is 6.62. The molecule has 0 unspecified atom stereocenters. The number of aryl methyl sites for hydroxylation is 2. The molecule has 2 amide bonds. The normalized spacial score (nSPS) is 18.8. The van der Waals surface area contributed by atoms with E-state index in [9.17, 15) is 18.0 Å². The summed E-state index contributed by atoms with van der Waals surface area (Å²) in [6.07, 6.45) is 2.00. The number of nitrogens with one attached hydrogen (secondary N) is 1. The molecule has 0 saturated carbocycles. The van der Waals surface area contributed by atoms with E-state index in [2.05, 4.69) is 10.4 Å². The number of carbonyl (C=O) groups excluding carboxylic acids is 2. The minimum absolute atomic E-state index is 0.212. The van der Waals surface area contributed by atoms with Gasteiger partial charge in [0, 0.05) is 57.0 Å². The number of aromatic nitrogens is 2. The number of benzene rings is 1. The van der Waals surface area contributed by atoms with Crippen molar-refractivity contribution in [3.63, 3.8) is 0 Å². The fraction of sp³-hybridized carbons (Fsp3) is 0.500. The summed E-state index contributed by atoms with van der Waals surface area (Å²) < 4.78 is 29.2. The predicted octanol–water partition coefficient (Wildman–Crippen LogP) is 1.42. The van der Waals surface area contributed by atoms with Gasteiger partial charge in [0.2, 0.25) is 21.8 Å². The molecular formula is C22H29N5O4S. The van der Waals surface area contributed by atoms with Gasteiger partial charge in [0.25, 0.3) is 0 Å². The highest BCUT2D eigenvalue weighted by molar-refractivity contribution is 7.89. The molecule has 1 saturated heterocycles. The second-order valence-corrected chi connectivity index (χ2v) is 10.4. The van der Waals surface area contributed by atoms with E-state index in [-0.39, 0.29) is 23.1 Å². The van der Waals surface area contributed by atoms with Crippen molar-refractivity contribution in [3.05, 3.63) is 40.7 Å². The molecule has 0 bridgehead atoms. The van der Waals surface area contributed by atoms with Gasteiger partial charge in [-0.05, 0) is 50.5 Å². The molecule has 1 atom stereocenters. The largest absolute Gasteiger partial charge is 0.350 e. The van der Waals surface area contributed by atoms with Crippen molar-refractivity contribution in [2.45, 2.75) is 57.5 Å². The monoisotopic (exact) mass is 459 g/mol. The van der Waals surface area contributed by atoms with Gasteiger partial charge in [-0.3, -0.25) is 19.2 Å². The van der Waals surface area contributed by atoms with Crippen LogP contribution in [-0.2, 0) is 39.6 Å². The maximum atomic E-state index is 13.1. The summed E-state index contributed by atoms with van der Waals surface area (Å²) in [5, 5.41) is 7.30. The smallest absolute Gasteiger partial charge is 0.243 e. The lowest BCUT2D eigenvalue weighted by Crippen LogP contribution is -2.47. The lowest BCUT2D eigenvalue weighted by molar-refractivity contribution is -0.125. The van der Waals surface area contributed by atoms with Crippen LogP contribution in [0, 0.1) is 13.8 Å². The van der Waals surface area contributed by atoms with Gasteiger partial charge in [-0.1, -0.05) is 0 Å². The molecule has 1 aromatic carbocycles. The van der Waals surface area contributed by atoms with Crippen LogP contribution in [-0.4, -0.2) is 53.4 Å². The molecular weight excluding hydrogens is 430 g/mol. The molecule has 32 heavy (non-hydrogen) atoms. The predicted molar refractivity (Wildman–Crippen MR) is 120 cm³/mol. The van der Waals surface area contributed by atoms with Gasteiger partial charge >= 0.3 is 0 Å². The standard InChI is InChI=1S/C22H29N5O4S/c1-14-19(15(2)25(4)24-14)13-23-22(29)21-12-17-11-18(7-8-20(17)27(21)16(3)28)32(30,31)26-9-5-6-10-26/h7-8,11,21H,5-6,9-10,12-13H2,1-4H3,(H,23,29)/t21-/m0/s1. The van der Waals surface area contributed by atoms with Gasteiger partial charge in [-0.25, -0.2) is 8.42 Å². The minimum atomic E-state index is -3.57. The van der Waals surface area contributed by atoms with Crippen molar-refractivity contribution in [3.8, 4) is 0 Å². The SMILES string of the molecule is CC(=O)N1c2ccc(S(=O)(=O)N3CCCC3)cc2C[C@H]1C(=O)NCc1c(C)nn(C)c1C. The van der Waals surface area contributed by atoms with Gasteiger partial charge in [0.05, 0.1) is 10.6 Å². The van der Waals surface area contributed by atoms with Crippen LogP contribution in [0.15, 0.2) is 23.1 Å². The van der Waals surface area contributed by atoms with E-state index < -0.39 is 16.1 Å². The van der Waals surface area contributed by atoms with E-state index >= 15 is 0 Å². The number of sulfonamides is 1. The first kappa shape index (κ1) is 22.5. The van der Waals surface area contributed by atoms with E-state index in [1.54, 1.807) is 16.8 Å². The van der Waals surface area contributed by atoms with Crippen molar-refractivity contribution >= 4 is 27.5 Å². The molecule has 3 heterocycles. The van der Waals surface area contributed by atoms with Gasteiger partial charge in [0.15, 0.2) is 0 Å². The molecule has 4 rings (SSSR count). The van der Waals surface area contributed by atoms with E-state index in [1.807, 2.05) is 20.9 Å². The van der Waals surface area contributed by atoms with Crippen LogP contribution in [0.1, 0.15) is 42.3 Å². The van der Waals surface area contributed by atoms with Crippen molar-refractivity contribution in [2.75, 3.05) is 18.0 Å². The Morgan fingerprint density at radius 3 is 2.47 bits per heavy atom. The topological polar surface area (TPSA) is 105 Å². The lowest BCUT2D eigenvalue weighted by Gasteiger charge is -2.23. The summed E-state index contributed by atoms with van der Waals surface area (Å²) in [5.74, 6) is -0.532. The fourth-order valence-electron chi connectivity index (χ4n) is 4.63. The number of carbonyl (C=O) groups is 2. The summed E-state index contributed by atoms with van der Waals surface area (Å²) in [4.78, 5) is 27.1. The number of rotatable bonds is 5. The van der Waals surface area contributed by atoms with Crippen LogP contribution < -0.4 is 10.2 Å². The number of nitrogens with zero attached hydrogens (tertiary/aromatic N) is 4. The van der Waals surface area contributed by atoms with Gasteiger partial charge in [-0.2, -0.15) is 9.40 Å². The number of amides is 2. The summed E-state index contributed by atoms with van der Waals surface area (Å²) in [6, 6.07) is 4.07. The molecule has 0 radical (unpaired) electrons. The third-order valence-corrected chi connectivity index (χ3v) is 8.37. The number of hydrogen-bond acceptors (Lipinski definition) is 5. The second kappa shape index (κ2) is 8.32. The molecule has 9 nitrogen and oxygen atoms in total. The zero-order valence-electron chi connectivity index (χ0n) is 18.9. The highest BCUT2D eigenvalue weighted by Gasteiger charge is 2.38. The van der Waals surface area contributed by atoms with E-state index in [0.29, 0.717) is 30.9 Å². The molecule has 2 aliphatic heterocycles. The van der Waals surface area contributed by atoms with Crippen molar-refractivity contribution in [1.82, 2.24) is 19.4 Å². The lowest BCUT2D eigenvalue weighted by atomic mass is 10.1. The summed E-state index contributed by atoms with van der Waals surface area (Å²) in [5.41, 5.74) is 4.05. The zero-order valence-corrected chi connectivity index (χ0v) is 19.7. The van der Waals surface area contributed by atoms with Crippen molar-refractivity contribution in [2.24, 2.45) is 7.05 Å². The van der Waals surface area contributed by atoms with E-state index in [4.69, 9.17) is 0 Å². The van der Waals surface area contributed by atoms with E-state index in [1.165, 1.54) is 22.2 Å². The Balaban J connectivity index is 1.56. The number of fused-ring (bicyclic) bond motifs is 1. The average molecular weight is 460 g/mol. The fourth-order valence-corrected chi connectivity index (χ4v) is 6.20. The number of hydrogen-bond donors (Lipinski definition) is 1. The highest BCUT2D eigenvalue weighted by Crippen LogP contribution is 2.35. The van der Waals surface area contributed by atoms with Crippen molar-refractivity contribution < 1.29 is 18.0 Å². The Morgan fingerprint density at radius 1 is 1.19 bits per heavy atom. The van der Waals surface area contributed by atoms with Crippen molar-refractivity contribution in [1.29, 1.82) is 0 Å². The number of anilines is 1. The third kappa shape index (κ3) is 3.81. The summed E-state index contributed by atoms with van der Waals surface area (Å²) >= 11 is 0. The molecule has 2 aliphatic rings. The summed E-state index contributed by atoms with van der Waals surface area (Å²) in [7, 11) is -1.72. The molecule has 1 fully saturated rings. The molecule has 10 heteroatoms. The Kier molecular flexibility index (Phi) is 5.85. The Bertz CT molecular complexity index is 1180. The first-order valence-electron chi connectivity index (χ1n) is 10.8. The first-order chi connectivity index (χ1) is 15.1. The van der Waals surface area contributed by atoms with Crippen LogP contribution in [0.25, 0.3) is 0 Å². The second-order valence-electron chi connectivity index (χ2n) is 8.50. The molecule has 1 N–H and O–H groups in total.